The number of benzene rings is 2. The van der Waals surface area contributed by atoms with Gasteiger partial charge in [0.1, 0.15) is 23.7 Å². The second kappa shape index (κ2) is 8.30. The van der Waals surface area contributed by atoms with Crippen molar-refractivity contribution in [2.75, 3.05) is 6.54 Å². The highest BCUT2D eigenvalue weighted by Crippen LogP contribution is 2.20. The van der Waals surface area contributed by atoms with Crippen molar-refractivity contribution in [2.45, 2.75) is 6.61 Å². The quantitative estimate of drug-likeness (QED) is 0.475. The standard InChI is InChI=1S/C21H17FN2O4/c1-2-10-24-20(26)17(19(25)23-21(24)27)12-14-6-5-8-16(11-14)28-13-15-7-3-4-9-18(15)22/h2-9,11-12H,1,10,13H2,(H,23,25,27)/b17-12-. The summed E-state index contributed by atoms with van der Waals surface area (Å²) in [6.07, 6.45) is 2.76. The third-order valence-electron chi connectivity index (χ3n) is 4.02. The maximum Gasteiger partial charge on any atom is 0.331 e. The Balaban J connectivity index is 1.80. The number of hydrogen-bond donors (Lipinski definition) is 1. The molecule has 1 fully saturated rings. The third-order valence-corrected chi connectivity index (χ3v) is 4.02. The van der Waals surface area contributed by atoms with Crippen molar-refractivity contribution < 1.29 is 23.5 Å². The number of imide groups is 2. The molecule has 6 nitrogen and oxygen atoms in total. The highest BCUT2D eigenvalue weighted by molar-refractivity contribution is 6.31. The van der Waals surface area contributed by atoms with Crippen LogP contribution in [0.15, 0.2) is 66.8 Å². The fourth-order valence-corrected chi connectivity index (χ4v) is 2.63. The maximum atomic E-state index is 13.7. The number of nitrogens with zero attached hydrogens (tertiary/aromatic N) is 1. The Hall–Kier alpha value is -3.74. The smallest absolute Gasteiger partial charge is 0.331 e. The van der Waals surface area contributed by atoms with Crippen LogP contribution in [0.2, 0.25) is 0 Å². The average Bonchev–Trinajstić information content (AvgIpc) is 2.68. The number of ether oxygens (including phenoxy) is 1. The number of urea groups is 1. The van der Waals surface area contributed by atoms with E-state index in [4.69, 9.17) is 4.74 Å². The number of carbonyl (C=O) groups is 3. The van der Waals surface area contributed by atoms with Gasteiger partial charge >= 0.3 is 6.03 Å². The minimum atomic E-state index is -0.783. The largest absolute Gasteiger partial charge is 0.489 e. The van der Waals surface area contributed by atoms with Gasteiger partial charge in [-0.25, -0.2) is 9.18 Å². The number of carbonyl (C=O) groups excluding carboxylic acids is 3. The van der Waals surface area contributed by atoms with Crippen LogP contribution in [-0.4, -0.2) is 29.3 Å². The Morgan fingerprint density at radius 3 is 2.64 bits per heavy atom. The van der Waals surface area contributed by atoms with E-state index in [0.29, 0.717) is 16.9 Å². The summed E-state index contributed by atoms with van der Waals surface area (Å²) in [6.45, 7) is 3.52. The zero-order chi connectivity index (χ0) is 20.1. The summed E-state index contributed by atoms with van der Waals surface area (Å²) in [7, 11) is 0. The van der Waals surface area contributed by atoms with Crippen molar-refractivity contribution in [3.63, 3.8) is 0 Å². The summed E-state index contributed by atoms with van der Waals surface area (Å²) in [5.74, 6) is -1.39. The van der Waals surface area contributed by atoms with Gasteiger partial charge in [0.25, 0.3) is 11.8 Å². The van der Waals surface area contributed by atoms with Crippen LogP contribution in [0.25, 0.3) is 6.08 Å². The molecule has 1 aliphatic heterocycles. The lowest BCUT2D eigenvalue weighted by atomic mass is 10.1. The molecule has 1 aliphatic rings. The van der Waals surface area contributed by atoms with Crippen LogP contribution in [-0.2, 0) is 16.2 Å². The highest BCUT2D eigenvalue weighted by Gasteiger charge is 2.34. The van der Waals surface area contributed by atoms with E-state index >= 15 is 0 Å². The number of barbiturate groups is 1. The predicted octanol–water partition coefficient (Wildman–Crippen LogP) is 3.05. The number of halogens is 1. The van der Waals surface area contributed by atoms with Crippen LogP contribution >= 0.6 is 0 Å². The molecule has 3 rings (SSSR count). The molecule has 142 valence electrons. The summed E-state index contributed by atoms with van der Waals surface area (Å²) in [5.41, 5.74) is 0.761. The minimum absolute atomic E-state index is 0.0128. The Morgan fingerprint density at radius 1 is 1.11 bits per heavy atom. The molecule has 4 amide bonds. The van der Waals surface area contributed by atoms with Gasteiger partial charge in [-0.15, -0.1) is 6.58 Å². The van der Waals surface area contributed by atoms with Crippen LogP contribution in [0.5, 0.6) is 5.75 Å². The van der Waals surface area contributed by atoms with Gasteiger partial charge in [-0.1, -0.05) is 36.4 Å². The first kappa shape index (κ1) is 19.0. The second-order valence-corrected chi connectivity index (χ2v) is 5.97. The summed E-state index contributed by atoms with van der Waals surface area (Å²) in [4.78, 5) is 37.1. The van der Waals surface area contributed by atoms with Gasteiger partial charge in [0.05, 0.1) is 0 Å². The molecule has 0 atom stereocenters. The van der Waals surface area contributed by atoms with E-state index in [0.717, 1.165) is 4.90 Å². The maximum absolute atomic E-state index is 13.7. The highest BCUT2D eigenvalue weighted by atomic mass is 19.1. The van der Waals surface area contributed by atoms with Crippen LogP contribution < -0.4 is 10.1 Å². The first-order chi connectivity index (χ1) is 13.5. The molecule has 1 saturated heterocycles. The van der Waals surface area contributed by atoms with E-state index in [-0.39, 0.29) is 24.5 Å². The molecule has 0 spiro atoms. The Morgan fingerprint density at radius 2 is 1.89 bits per heavy atom. The monoisotopic (exact) mass is 380 g/mol. The van der Waals surface area contributed by atoms with Crippen LogP contribution in [0, 0.1) is 5.82 Å². The average molecular weight is 380 g/mol. The Kier molecular flexibility index (Phi) is 5.64. The second-order valence-electron chi connectivity index (χ2n) is 5.97. The molecule has 2 aromatic carbocycles. The molecule has 0 aromatic heterocycles. The molecule has 0 radical (unpaired) electrons. The zero-order valence-corrected chi connectivity index (χ0v) is 14.9. The van der Waals surface area contributed by atoms with E-state index in [9.17, 15) is 18.8 Å². The van der Waals surface area contributed by atoms with Gasteiger partial charge in [-0.2, -0.15) is 0 Å². The van der Waals surface area contributed by atoms with Gasteiger partial charge in [-0.05, 0) is 29.8 Å². The summed E-state index contributed by atoms with van der Waals surface area (Å²) in [5, 5.41) is 2.12. The molecule has 2 aromatic rings. The number of rotatable bonds is 6. The van der Waals surface area contributed by atoms with Gasteiger partial charge in [0, 0.05) is 12.1 Å². The van der Waals surface area contributed by atoms with Gasteiger partial charge in [0.15, 0.2) is 0 Å². The fraction of sp³-hybridized carbons (Fsp3) is 0.0952. The van der Waals surface area contributed by atoms with E-state index in [2.05, 4.69) is 11.9 Å². The van der Waals surface area contributed by atoms with Crippen molar-refractivity contribution in [1.82, 2.24) is 10.2 Å². The molecular weight excluding hydrogens is 363 g/mol. The molecule has 0 saturated carbocycles. The Labute approximate surface area is 160 Å². The Bertz CT molecular complexity index is 984. The summed E-state index contributed by atoms with van der Waals surface area (Å²) < 4.78 is 19.3. The van der Waals surface area contributed by atoms with Crippen LogP contribution in [0.1, 0.15) is 11.1 Å². The first-order valence-corrected chi connectivity index (χ1v) is 8.45. The molecule has 7 heteroatoms. The zero-order valence-electron chi connectivity index (χ0n) is 14.9. The summed E-state index contributed by atoms with van der Waals surface area (Å²) >= 11 is 0. The number of hydrogen-bond acceptors (Lipinski definition) is 4. The van der Waals surface area contributed by atoms with Crippen LogP contribution in [0.3, 0.4) is 0 Å². The predicted molar refractivity (Wildman–Crippen MR) is 101 cm³/mol. The fourth-order valence-electron chi connectivity index (χ4n) is 2.63. The number of nitrogens with one attached hydrogen (secondary N) is 1. The van der Waals surface area contributed by atoms with Gasteiger partial charge in [0.2, 0.25) is 0 Å². The lowest BCUT2D eigenvalue weighted by Gasteiger charge is -2.25. The topological polar surface area (TPSA) is 75.7 Å². The lowest BCUT2D eigenvalue weighted by molar-refractivity contribution is -0.129. The van der Waals surface area contributed by atoms with Crippen molar-refractivity contribution in [3.05, 3.63) is 83.7 Å². The van der Waals surface area contributed by atoms with Gasteiger partial charge < -0.3 is 4.74 Å². The van der Waals surface area contributed by atoms with E-state index in [1.165, 1.54) is 18.2 Å². The van der Waals surface area contributed by atoms with E-state index < -0.39 is 17.8 Å². The van der Waals surface area contributed by atoms with Crippen molar-refractivity contribution in [1.29, 1.82) is 0 Å². The first-order valence-electron chi connectivity index (χ1n) is 8.45. The normalized spacial score (nSPS) is 15.5. The van der Waals surface area contributed by atoms with Gasteiger partial charge in [-0.3, -0.25) is 19.8 Å². The molecule has 0 aliphatic carbocycles. The molecule has 1 N–H and O–H groups in total. The minimum Gasteiger partial charge on any atom is -0.489 e. The third kappa shape index (κ3) is 4.15. The van der Waals surface area contributed by atoms with E-state index in [1.54, 1.807) is 42.5 Å². The van der Waals surface area contributed by atoms with Crippen molar-refractivity contribution in [3.8, 4) is 5.75 Å². The summed E-state index contributed by atoms with van der Waals surface area (Å²) in [6, 6.07) is 12.2. The van der Waals surface area contributed by atoms with E-state index in [1.807, 2.05) is 0 Å². The SMILES string of the molecule is C=CCN1C(=O)NC(=O)/C(=C/c2cccc(OCc3ccccc3F)c2)C1=O. The molecule has 0 bridgehead atoms. The molecule has 28 heavy (non-hydrogen) atoms. The van der Waals surface area contributed by atoms with Crippen molar-refractivity contribution >= 4 is 23.9 Å². The molecular formula is C21H17FN2O4. The van der Waals surface area contributed by atoms with Crippen molar-refractivity contribution in [2.24, 2.45) is 0 Å². The number of amides is 4. The molecule has 1 heterocycles. The lowest BCUT2D eigenvalue weighted by Crippen LogP contribution is -2.54. The van der Waals surface area contributed by atoms with Crippen LogP contribution in [0.4, 0.5) is 9.18 Å². The molecule has 0 unspecified atom stereocenters.